The number of rotatable bonds is 4. The second kappa shape index (κ2) is 6.43. The summed E-state index contributed by atoms with van der Waals surface area (Å²) in [4.78, 5) is 12.9. The van der Waals surface area contributed by atoms with Crippen molar-refractivity contribution in [3.05, 3.63) is 33.9 Å². The summed E-state index contributed by atoms with van der Waals surface area (Å²) >= 11 is 0. The maximum Gasteiger partial charge on any atom is 0.269 e. The van der Waals surface area contributed by atoms with Crippen LogP contribution in [0.4, 0.5) is 11.4 Å². The molecule has 1 saturated heterocycles. The first kappa shape index (κ1) is 15.8. The molecule has 0 bridgehead atoms. The molecule has 1 aliphatic rings. The van der Waals surface area contributed by atoms with Gasteiger partial charge in [-0.3, -0.25) is 10.1 Å². The van der Waals surface area contributed by atoms with E-state index < -0.39 is 0 Å². The van der Waals surface area contributed by atoms with Gasteiger partial charge in [0.15, 0.2) is 0 Å². The summed E-state index contributed by atoms with van der Waals surface area (Å²) in [5, 5.41) is 10.9. The Labute approximate surface area is 126 Å². The van der Waals surface area contributed by atoms with Crippen molar-refractivity contribution in [2.24, 2.45) is 5.41 Å². The molecule has 0 atom stereocenters. The van der Waals surface area contributed by atoms with E-state index in [4.69, 9.17) is 4.74 Å². The number of hydrogen-bond donors (Lipinski definition) is 0. The van der Waals surface area contributed by atoms with E-state index in [1.54, 1.807) is 19.2 Å². The highest BCUT2D eigenvalue weighted by Gasteiger charge is 2.24. The number of non-ortho nitro benzene ring substituents is 1. The normalized spacial score (nSPS) is 18.3. The fraction of sp³-hybridized carbons (Fsp3) is 0.625. The third kappa shape index (κ3) is 3.94. The topological polar surface area (TPSA) is 55.6 Å². The van der Waals surface area contributed by atoms with Crippen molar-refractivity contribution in [3.63, 3.8) is 0 Å². The van der Waals surface area contributed by atoms with E-state index in [9.17, 15) is 10.1 Å². The Morgan fingerprint density at radius 3 is 2.76 bits per heavy atom. The minimum Gasteiger partial charge on any atom is -0.380 e. The second-order valence-electron chi connectivity index (χ2n) is 6.51. The number of anilines is 1. The van der Waals surface area contributed by atoms with Crippen LogP contribution in [0, 0.1) is 15.5 Å². The number of ether oxygens (including phenoxy) is 1. The number of nitro benzene ring substituents is 1. The van der Waals surface area contributed by atoms with Gasteiger partial charge in [-0.05, 0) is 30.7 Å². The van der Waals surface area contributed by atoms with Crippen molar-refractivity contribution in [1.82, 2.24) is 0 Å². The van der Waals surface area contributed by atoms with Gasteiger partial charge in [-0.1, -0.05) is 13.8 Å². The maximum atomic E-state index is 10.9. The van der Waals surface area contributed by atoms with Crippen LogP contribution in [0.15, 0.2) is 18.2 Å². The fourth-order valence-corrected chi connectivity index (χ4v) is 2.93. The first-order chi connectivity index (χ1) is 9.93. The fourth-order valence-electron chi connectivity index (χ4n) is 2.93. The molecule has 0 N–H and O–H groups in total. The molecule has 1 fully saturated rings. The molecule has 0 spiro atoms. The summed E-state index contributed by atoms with van der Waals surface area (Å²) in [6.07, 6.45) is 3.50. The van der Waals surface area contributed by atoms with Gasteiger partial charge in [-0.2, -0.15) is 0 Å². The summed E-state index contributed by atoms with van der Waals surface area (Å²) in [5.41, 5.74) is 2.46. The molecule has 2 rings (SSSR count). The highest BCUT2D eigenvalue weighted by Crippen LogP contribution is 2.33. The molecule has 5 nitrogen and oxygen atoms in total. The van der Waals surface area contributed by atoms with Crippen LogP contribution in [-0.2, 0) is 11.3 Å². The highest BCUT2D eigenvalue weighted by atomic mass is 16.6. The van der Waals surface area contributed by atoms with Crippen molar-refractivity contribution in [3.8, 4) is 0 Å². The predicted octanol–water partition coefficient (Wildman–Crippen LogP) is 3.76. The van der Waals surface area contributed by atoms with Crippen molar-refractivity contribution < 1.29 is 9.66 Å². The number of methoxy groups -OCH3 is 1. The van der Waals surface area contributed by atoms with Gasteiger partial charge in [0, 0.05) is 43.6 Å². The zero-order valence-electron chi connectivity index (χ0n) is 13.1. The second-order valence-corrected chi connectivity index (χ2v) is 6.51. The average Bonchev–Trinajstić information content (AvgIpc) is 2.60. The third-order valence-electron chi connectivity index (χ3n) is 4.25. The van der Waals surface area contributed by atoms with Crippen LogP contribution in [0.25, 0.3) is 0 Å². The van der Waals surface area contributed by atoms with Crippen LogP contribution in [0.2, 0.25) is 0 Å². The van der Waals surface area contributed by atoms with Crippen LogP contribution in [0.5, 0.6) is 0 Å². The maximum absolute atomic E-state index is 10.9. The van der Waals surface area contributed by atoms with Gasteiger partial charge in [-0.25, -0.2) is 0 Å². The van der Waals surface area contributed by atoms with E-state index in [0.717, 1.165) is 37.2 Å². The van der Waals surface area contributed by atoms with Gasteiger partial charge in [0.25, 0.3) is 5.69 Å². The standard InChI is InChI=1S/C16H24N2O3/c1-16(2)7-4-9-17(10-8-16)15-6-5-14(18(19)20)11-13(15)12-21-3/h5-6,11H,4,7-10,12H2,1-3H3. The summed E-state index contributed by atoms with van der Waals surface area (Å²) in [5.74, 6) is 0. The van der Waals surface area contributed by atoms with Gasteiger partial charge < -0.3 is 9.64 Å². The third-order valence-corrected chi connectivity index (χ3v) is 4.25. The largest absolute Gasteiger partial charge is 0.380 e. The molecule has 21 heavy (non-hydrogen) atoms. The van der Waals surface area contributed by atoms with Crippen molar-refractivity contribution in [1.29, 1.82) is 0 Å². The lowest BCUT2D eigenvalue weighted by molar-refractivity contribution is -0.384. The predicted molar refractivity (Wildman–Crippen MR) is 83.7 cm³/mol. The quantitative estimate of drug-likeness (QED) is 0.626. The molecule has 5 heteroatoms. The molecule has 0 saturated carbocycles. The molecular weight excluding hydrogens is 268 g/mol. The zero-order valence-corrected chi connectivity index (χ0v) is 13.1. The molecule has 0 aliphatic carbocycles. The Hall–Kier alpha value is -1.62. The number of hydrogen-bond acceptors (Lipinski definition) is 4. The Kier molecular flexibility index (Phi) is 4.83. The van der Waals surface area contributed by atoms with E-state index in [-0.39, 0.29) is 10.6 Å². The molecule has 116 valence electrons. The van der Waals surface area contributed by atoms with Crippen LogP contribution in [-0.4, -0.2) is 25.1 Å². The lowest BCUT2D eigenvalue weighted by Crippen LogP contribution is -2.26. The summed E-state index contributed by atoms with van der Waals surface area (Å²) in [6, 6.07) is 5.09. The minimum absolute atomic E-state index is 0.126. The molecule has 0 unspecified atom stereocenters. The van der Waals surface area contributed by atoms with E-state index in [1.165, 1.54) is 6.42 Å². The Morgan fingerprint density at radius 1 is 1.33 bits per heavy atom. The summed E-state index contributed by atoms with van der Waals surface area (Å²) in [6.45, 7) is 7.00. The van der Waals surface area contributed by atoms with Crippen molar-refractivity contribution in [2.75, 3.05) is 25.1 Å². The van der Waals surface area contributed by atoms with Crippen molar-refractivity contribution in [2.45, 2.75) is 39.7 Å². The number of nitro groups is 1. The zero-order chi connectivity index (χ0) is 15.5. The van der Waals surface area contributed by atoms with Crippen LogP contribution in [0.1, 0.15) is 38.7 Å². The highest BCUT2D eigenvalue weighted by molar-refractivity contribution is 5.58. The summed E-state index contributed by atoms with van der Waals surface area (Å²) < 4.78 is 5.22. The Balaban J connectivity index is 2.27. The average molecular weight is 292 g/mol. The molecule has 1 aromatic carbocycles. The first-order valence-corrected chi connectivity index (χ1v) is 7.44. The molecular formula is C16H24N2O3. The van der Waals surface area contributed by atoms with Crippen LogP contribution >= 0.6 is 0 Å². The smallest absolute Gasteiger partial charge is 0.269 e. The monoisotopic (exact) mass is 292 g/mol. The van der Waals surface area contributed by atoms with Gasteiger partial charge >= 0.3 is 0 Å². The van der Waals surface area contributed by atoms with Crippen LogP contribution < -0.4 is 4.90 Å². The van der Waals surface area contributed by atoms with Gasteiger partial charge in [-0.15, -0.1) is 0 Å². The lowest BCUT2D eigenvalue weighted by Gasteiger charge is -2.26. The molecule has 0 aromatic heterocycles. The van der Waals surface area contributed by atoms with Gasteiger partial charge in [0.2, 0.25) is 0 Å². The SMILES string of the molecule is COCc1cc([N+](=O)[O-])ccc1N1CCCC(C)(C)CC1. The molecule has 0 radical (unpaired) electrons. The van der Waals surface area contributed by atoms with Gasteiger partial charge in [0.05, 0.1) is 11.5 Å². The van der Waals surface area contributed by atoms with E-state index in [1.807, 2.05) is 6.07 Å². The van der Waals surface area contributed by atoms with E-state index in [2.05, 4.69) is 18.7 Å². The van der Waals surface area contributed by atoms with E-state index in [0.29, 0.717) is 12.0 Å². The molecule has 1 aromatic rings. The van der Waals surface area contributed by atoms with Gasteiger partial charge in [0.1, 0.15) is 0 Å². The van der Waals surface area contributed by atoms with Crippen LogP contribution in [0.3, 0.4) is 0 Å². The number of nitrogens with zero attached hydrogens (tertiary/aromatic N) is 2. The molecule has 1 heterocycles. The van der Waals surface area contributed by atoms with Crippen molar-refractivity contribution >= 4 is 11.4 Å². The Bertz CT molecular complexity index is 514. The molecule has 1 aliphatic heterocycles. The molecule has 0 amide bonds. The first-order valence-electron chi connectivity index (χ1n) is 7.44. The number of benzene rings is 1. The summed E-state index contributed by atoms with van der Waals surface area (Å²) in [7, 11) is 1.62. The van der Waals surface area contributed by atoms with E-state index >= 15 is 0 Å². The lowest BCUT2D eigenvalue weighted by atomic mass is 9.85. The Morgan fingerprint density at radius 2 is 2.10 bits per heavy atom. The minimum atomic E-state index is -0.353.